The zero-order valence-corrected chi connectivity index (χ0v) is 8.80. The lowest BCUT2D eigenvalue weighted by Crippen LogP contribution is -2.05. The van der Waals surface area contributed by atoms with E-state index in [1.165, 1.54) is 0 Å². The molecule has 1 N–H and O–H groups in total. The molecule has 0 aromatic heterocycles. The third-order valence-electron chi connectivity index (χ3n) is 2.01. The summed E-state index contributed by atoms with van der Waals surface area (Å²) in [5, 5.41) is 8.55. The van der Waals surface area contributed by atoms with E-state index in [1.54, 1.807) is 0 Å². The van der Waals surface area contributed by atoms with Crippen molar-refractivity contribution in [2.24, 2.45) is 0 Å². The highest BCUT2D eigenvalue weighted by Crippen LogP contribution is 2.21. The Balaban J connectivity index is 2.88. The Morgan fingerprint density at radius 3 is 2.62 bits per heavy atom. The van der Waals surface area contributed by atoms with Gasteiger partial charge in [-0.2, -0.15) is 0 Å². The van der Waals surface area contributed by atoms with Crippen LogP contribution in [0.4, 0.5) is 8.78 Å². The molecule has 0 saturated heterocycles. The van der Waals surface area contributed by atoms with Crippen molar-refractivity contribution in [1.29, 1.82) is 0 Å². The normalized spacial score (nSPS) is 10.2. The molecule has 16 heavy (non-hydrogen) atoms. The summed E-state index contributed by atoms with van der Waals surface area (Å²) < 4.78 is 31.4. The Labute approximate surface area is 91.7 Å². The van der Waals surface area contributed by atoms with Gasteiger partial charge in [-0.3, -0.25) is 0 Å². The second-order valence-electron chi connectivity index (χ2n) is 3.27. The average molecular weight is 230 g/mol. The molecule has 3 nitrogen and oxygen atoms in total. The van der Waals surface area contributed by atoms with Gasteiger partial charge in [0.2, 0.25) is 0 Å². The number of carboxylic acid groups (broad SMARTS) is 1. The third kappa shape index (κ3) is 2.92. The van der Waals surface area contributed by atoms with Gasteiger partial charge in [0.25, 0.3) is 0 Å². The maximum Gasteiger partial charge on any atom is 0.338 e. The number of aromatic carboxylic acids is 1. The number of carbonyl (C=O) groups is 1. The molecule has 1 aromatic carbocycles. The minimum atomic E-state index is -1.50. The number of ether oxygens (including phenoxy) is 1. The van der Waals surface area contributed by atoms with E-state index in [0.717, 1.165) is 18.9 Å². The van der Waals surface area contributed by atoms with Crippen LogP contribution < -0.4 is 4.74 Å². The van der Waals surface area contributed by atoms with Crippen LogP contribution in [0.25, 0.3) is 0 Å². The van der Waals surface area contributed by atoms with Crippen LogP contribution in [0.5, 0.6) is 5.75 Å². The van der Waals surface area contributed by atoms with Gasteiger partial charge >= 0.3 is 5.97 Å². The molecule has 0 atom stereocenters. The molecule has 0 amide bonds. The van der Waals surface area contributed by atoms with Crippen LogP contribution >= 0.6 is 0 Å². The first-order chi connectivity index (χ1) is 7.56. The van der Waals surface area contributed by atoms with Crippen LogP contribution in [0.3, 0.4) is 0 Å². The lowest BCUT2D eigenvalue weighted by Gasteiger charge is -2.07. The van der Waals surface area contributed by atoms with Crippen molar-refractivity contribution in [2.75, 3.05) is 6.61 Å². The van der Waals surface area contributed by atoms with Gasteiger partial charge in [-0.1, -0.05) is 13.3 Å². The van der Waals surface area contributed by atoms with Gasteiger partial charge in [0.05, 0.1) is 12.2 Å². The molecule has 1 aromatic rings. The zero-order chi connectivity index (χ0) is 12.1. The quantitative estimate of drug-likeness (QED) is 0.791. The Hall–Kier alpha value is -1.65. The summed E-state index contributed by atoms with van der Waals surface area (Å²) in [5.41, 5.74) is -0.694. The van der Waals surface area contributed by atoms with Crippen LogP contribution in [-0.2, 0) is 0 Å². The van der Waals surface area contributed by atoms with Gasteiger partial charge in [0.15, 0.2) is 11.6 Å². The monoisotopic (exact) mass is 230 g/mol. The van der Waals surface area contributed by atoms with Crippen molar-refractivity contribution >= 4 is 5.97 Å². The lowest BCUT2D eigenvalue weighted by atomic mass is 10.2. The molecule has 0 aliphatic rings. The van der Waals surface area contributed by atoms with E-state index in [1.807, 2.05) is 6.92 Å². The number of rotatable bonds is 5. The van der Waals surface area contributed by atoms with Gasteiger partial charge in [0.1, 0.15) is 5.82 Å². The summed E-state index contributed by atoms with van der Waals surface area (Å²) in [6.45, 7) is 2.22. The number of benzene rings is 1. The van der Waals surface area contributed by atoms with Crippen LogP contribution in [0, 0.1) is 11.6 Å². The lowest BCUT2D eigenvalue weighted by molar-refractivity contribution is 0.0691. The van der Waals surface area contributed by atoms with Gasteiger partial charge < -0.3 is 9.84 Å². The van der Waals surface area contributed by atoms with Crippen LogP contribution in [0.1, 0.15) is 30.1 Å². The van der Waals surface area contributed by atoms with Crippen LogP contribution in [-0.4, -0.2) is 17.7 Å². The molecular formula is C11H12F2O3. The highest BCUT2D eigenvalue weighted by molar-refractivity contribution is 5.88. The molecule has 0 unspecified atom stereocenters. The van der Waals surface area contributed by atoms with Gasteiger partial charge in [-0.05, 0) is 12.5 Å². The Kier molecular flexibility index (Phi) is 4.22. The van der Waals surface area contributed by atoms with Crippen molar-refractivity contribution in [1.82, 2.24) is 0 Å². The SMILES string of the molecule is CCCCOc1cc(F)c(C(=O)O)cc1F. The summed E-state index contributed by atoms with van der Waals surface area (Å²) in [4.78, 5) is 10.5. The van der Waals surface area contributed by atoms with Crippen LogP contribution in [0.2, 0.25) is 0 Å². The Morgan fingerprint density at radius 2 is 2.06 bits per heavy atom. The first-order valence-corrected chi connectivity index (χ1v) is 4.91. The Morgan fingerprint density at radius 1 is 1.38 bits per heavy atom. The fourth-order valence-electron chi connectivity index (χ4n) is 1.13. The van der Waals surface area contributed by atoms with E-state index in [2.05, 4.69) is 0 Å². The Bertz CT molecular complexity index is 391. The number of halogens is 2. The van der Waals surface area contributed by atoms with E-state index in [-0.39, 0.29) is 12.4 Å². The van der Waals surface area contributed by atoms with Crippen molar-refractivity contribution in [3.05, 3.63) is 29.3 Å². The van der Waals surface area contributed by atoms with E-state index < -0.39 is 23.2 Å². The standard InChI is InChI=1S/C11H12F2O3/c1-2-3-4-16-10-6-8(12)7(11(14)15)5-9(10)13/h5-6H,2-4H2,1H3,(H,14,15). The predicted molar refractivity (Wildman–Crippen MR) is 53.7 cm³/mol. The van der Waals surface area contributed by atoms with Gasteiger partial charge in [-0.25, -0.2) is 13.6 Å². The van der Waals surface area contributed by atoms with E-state index in [9.17, 15) is 13.6 Å². The molecule has 0 spiro atoms. The van der Waals surface area contributed by atoms with Crippen molar-refractivity contribution in [3.63, 3.8) is 0 Å². The number of hydrogen-bond acceptors (Lipinski definition) is 2. The molecule has 1 rings (SSSR count). The smallest absolute Gasteiger partial charge is 0.338 e. The molecular weight excluding hydrogens is 218 g/mol. The maximum atomic E-state index is 13.3. The molecule has 0 bridgehead atoms. The van der Waals surface area contributed by atoms with Crippen molar-refractivity contribution in [2.45, 2.75) is 19.8 Å². The van der Waals surface area contributed by atoms with Crippen molar-refractivity contribution in [3.8, 4) is 5.75 Å². The summed E-state index contributed by atoms with van der Waals surface area (Å²) in [6, 6.07) is 1.38. The highest BCUT2D eigenvalue weighted by atomic mass is 19.1. The number of hydrogen-bond donors (Lipinski definition) is 1. The summed E-state index contributed by atoms with van der Waals surface area (Å²) in [6.07, 6.45) is 1.60. The molecule has 5 heteroatoms. The molecule has 0 saturated carbocycles. The molecule has 0 radical (unpaired) electrons. The van der Waals surface area contributed by atoms with E-state index >= 15 is 0 Å². The second kappa shape index (κ2) is 5.44. The fourth-order valence-corrected chi connectivity index (χ4v) is 1.13. The summed E-state index contributed by atoms with van der Waals surface area (Å²) >= 11 is 0. The zero-order valence-electron chi connectivity index (χ0n) is 8.80. The summed E-state index contributed by atoms with van der Waals surface area (Å²) in [5.74, 6) is -3.62. The van der Waals surface area contributed by atoms with Gasteiger partial charge in [0, 0.05) is 6.07 Å². The largest absolute Gasteiger partial charge is 0.490 e. The molecule has 0 fully saturated rings. The number of unbranched alkanes of at least 4 members (excludes halogenated alkanes) is 1. The predicted octanol–water partition coefficient (Wildman–Crippen LogP) is 2.84. The molecule has 88 valence electrons. The maximum absolute atomic E-state index is 13.3. The first kappa shape index (κ1) is 12.4. The van der Waals surface area contributed by atoms with Gasteiger partial charge in [-0.15, -0.1) is 0 Å². The van der Waals surface area contributed by atoms with E-state index in [4.69, 9.17) is 9.84 Å². The minimum Gasteiger partial charge on any atom is -0.490 e. The molecule has 0 aliphatic heterocycles. The van der Waals surface area contributed by atoms with Crippen molar-refractivity contribution < 1.29 is 23.4 Å². The second-order valence-corrected chi connectivity index (χ2v) is 3.27. The van der Waals surface area contributed by atoms with Crippen LogP contribution in [0.15, 0.2) is 12.1 Å². The van der Waals surface area contributed by atoms with E-state index in [0.29, 0.717) is 6.07 Å². The first-order valence-electron chi connectivity index (χ1n) is 4.91. The fraction of sp³-hybridized carbons (Fsp3) is 0.364. The molecule has 0 aliphatic carbocycles. The minimum absolute atomic E-state index is 0.254. The highest BCUT2D eigenvalue weighted by Gasteiger charge is 2.15. The molecule has 0 heterocycles. The summed E-state index contributed by atoms with van der Waals surface area (Å²) in [7, 11) is 0. The average Bonchev–Trinajstić information content (AvgIpc) is 2.22. The topological polar surface area (TPSA) is 46.5 Å². The third-order valence-corrected chi connectivity index (χ3v) is 2.01. The number of carboxylic acids is 1.